The molecule has 1 unspecified atom stereocenters. The Kier molecular flexibility index (Phi) is 3.17. The van der Waals surface area contributed by atoms with Crippen molar-refractivity contribution >= 4 is 17.5 Å². The molecular weight excluding hydrogens is 148 g/mol. The predicted octanol–water partition coefficient (Wildman–Crippen LogP) is 0.0313. The summed E-state index contributed by atoms with van der Waals surface area (Å²) in [6.45, 7) is 4.33. The number of hydrogen-bond donors (Lipinski definition) is 1. The minimum atomic E-state index is -1.61. The molecule has 4 nitrogen and oxygen atoms in total. The van der Waals surface area contributed by atoms with Crippen LogP contribution < -0.4 is 0 Å². The predicted molar refractivity (Wildman–Crippen MR) is 37.0 cm³/mol. The van der Waals surface area contributed by atoms with Gasteiger partial charge in [-0.15, -0.1) is 6.58 Å². The topological polar surface area (TPSA) is 71.4 Å². The number of allylic oxidation sites excluding steroid dienone is 1. The number of hydrogen-bond acceptors (Lipinski definition) is 3. The van der Waals surface area contributed by atoms with Crippen LogP contribution in [-0.4, -0.2) is 22.6 Å². The van der Waals surface area contributed by atoms with Crippen molar-refractivity contribution in [3.8, 4) is 0 Å². The van der Waals surface area contributed by atoms with E-state index in [1.165, 1.54) is 0 Å². The molecular formula is C7H8O4. The highest BCUT2D eigenvalue weighted by molar-refractivity contribution is 6.38. The zero-order chi connectivity index (χ0) is 9.02. The summed E-state index contributed by atoms with van der Waals surface area (Å²) in [7, 11) is 0. The van der Waals surface area contributed by atoms with Crippen molar-refractivity contribution in [3.63, 3.8) is 0 Å². The number of carboxylic acid groups (broad SMARTS) is 1. The first kappa shape index (κ1) is 9.55. The van der Waals surface area contributed by atoms with Crippen LogP contribution in [0.5, 0.6) is 0 Å². The number of ketones is 2. The van der Waals surface area contributed by atoms with Gasteiger partial charge >= 0.3 is 5.97 Å². The van der Waals surface area contributed by atoms with Gasteiger partial charge in [0.05, 0.1) is 0 Å². The van der Waals surface area contributed by atoms with Gasteiger partial charge in [-0.2, -0.15) is 0 Å². The number of carbonyl (C=O) groups excluding carboxylic acids is 2. The average Bonchev–Trinajstić information content (AvgIpc) is 1.88. The van der Waals surface area contributed by atoms with Crippen molar-refractivity contribution in [3.05, 3.63) is 12.7 Å². The molecule has 0 radical (unpaired) electrons. The fourth-order valence-corrected chi connectivity index (χ4v) is 0.591. The summed E-state index contributed by atoms with van der Waals surface area (Å²) < 4.78 is 0. The van der Waals surface area contributed by atoms with E-state index in [-0.39, 0.29) is 0 Å². The fraction of sp³-hybridized carbons (Fsp3) is 0.286. The number of Topliss-reactive ketones (excluding diaryl/α,β-unsaturated/α-hetero) is 2. The molecule has 4 heteroatoms. The molecule has 1 N–H and O–H groups in total. The largest absolute Gasteiger partial charge is 0.475 e. The standard InChI is InChI=1S/C7H8O4/c1-3-5(4(2)8)6(9)7(10)11/h3,5H,1H2,2H3,(H,10,11). The Morgan fingerprint density at radius 1 is 1.45 bits per heavy atom. The summed E-state index contributed by atoms with van der Waals surface area (Å²) in [5.74, 6) is -4.45. The lowest BCUT2D eigenvalue weighted by Crippen LogP contribution is -2.26. The quantitative estimate of drug-likeness (QED) is 0.354. The van der Waals surface area contributed by atoms with Gasteiger partial charge in [0.1, 0.15) is 11.7 Å². The van der Waals surface area contributed by atoms with Gasteiger partial charge in [-0.3, -0.25) is 9.59 Å². The van der Waals surface area contributed by atoms with Crippen LogP contribution in [0.1, 0.15) is 6.92 Å². The molecule has 0 spiro atoms. The van der Waals surface area contributed by atoms with Crippen LogP contribution in [0.4, 0.5) is 0 Å². The van der Waals surface area contributed by atoms with Crippen LogP contribution >= 0.6 is 0 Å². The summed E-state index contributed by atoms with van der Waals surface area (Å²) in [5.41, 5.74) is 0. The maximum Gasteiger partial charge on any atom is 0.373 e. The third-order valence-corrected chi connectivity index (χ3v) is 1.17. The molecule has 0 aliphatic rings. The van der Waals surface area contributed by atoms with Gasteiger partial charge in [0.2, 0.25) is 0 Å². The Balaban J connectivity index is 4.52. The average molecular weight is 156 g/mol. The van der Waals surface area contributed by atoms with Gasteiger partial charge in [0, 0.05) is 0 Å². The molecule has 0 fully saturated rings. The van der Waals surface area contributed by atoms with Crippen molar-refractivity contribution in [2.24, 2.45) is 5.92 Å². The second-order valence-electron chi connectivity index (χ2n) is 1.99. The summed E-state index contributed by atoms with van der Waals surface area (Å²) in [5, 5.41) is 8.18. The second-order valence-corrected chi connectivity index (χ2v) is 1.99. The highest BCUT2D eigenvalue weighted by atomic mass is 16.4. The van der Waals surface area contributed by atoms with Crippen molar-refractivity contribution in [2.75, 3.05) is 0 Å². The van der Waals surface area contributed by atoms with Crippen LogP contribution in [0.2, 0.25) is 0 Å². The number of rotatable bonds is 4. The van der Waals surface area contributed by atoms with E-state index in [2.05, 4.69) is 6.58 Å². The van der Waals surface area contributed by atoms with E-state index in [0.717, 1.165) is 13.0 Å². The highest BCUT2D eigenvalue weighted by Gasteiger charge is 2.25. The monoisotopic (exact) mass is 156 g/mol. The first-order valence-corrected chi connectivity index (χ1v) is 2.90. The normalized spacial score (nSPS) is 11.7. The summed E-state index contributed by atoms with van der Waals surface area (Å²) in [4.78, 5) is 31.2. The third kappa shape index (κ3) is 2.33. The van der Waals surface area contributed by atoms with E-state index in [4.69, 9.17) is 5.11 Å². The van der Waals surface area contributed by atoms with Crippen LogP contribution in [0.3, 0.4) is 0 Å². The Morgan fingerprint density at radius 2 is 1.91 bits per heavy atom. The molecule has 0 heterocycles. The maximum absolute atomic E-state index is 10.6. The van der Waals surface area contributed by atoms with E-state index in [1.807, 2.05) is 0 Å². The zero-order valence-electron chi connectivity index (χ0n) is 6.03. The lowest BCUT2D eigenvalue weighted by atomic mass is 10.0. The SMILES string of the molecule is C=CC(C(C)=O)C(=O)C(=O)O. The Hall–Kier alpha value is -1.45. The molecule has 0 aliphatic heterocycles. The molecule has 60 valence electrons. The summed E-state index contributed by atoms with van der Waals surface area (Å²) >= 11 is 0. The molecule has 0 saturated heterocycles. The van der Waals surface area contributed by atoms with Crippen molar-refractivity contribution in [2.45, 2.75) is 6.92 Å². The lowest BCUT2D eigenvalue weighted by molar-refractivity contribution is -0.151. The number of carbonyl (C=O) groups is 3. The smallest absolute Gasteiger partial charge is 0.373 e. The fourth-order valence-electron chi connectivity index (χ4n) is 0.591. The molecule has 1 atom stereocenters. The van der Waals surface area contributed by atoms with E-state index in [1.54, 1.807) is 0 Å². The molecule has 0 amide bonds. The maximum atomic E-state index is 10.6. The van der Waals surface area contributed by atoms with Gasteiger partial charge in [0.15, 0.2) is 0 Å². The van der Waals surface area contributed by atoms with Crippen LogP contribution in [0.15, 0.2) is 12.7 Å². The first-order valence-electron chi connectivity index (χ1n) is 2.90. The highest BCUT2D eigenvalue weighted by Crippen LogP contribution is 2.01. The second kappa shape index (κ2) is 3.65. The molecule has 0 aromatic heterocycles. The molecule has 11 heavy (non-hydrogen) atoms. The van der Waals surface area contributed by atoms with Gasteiger partial charge in [-0.25, -0.2) is 4.79 Å². The summed E-state index contributed by atoms with van der Waals surface area (Å²) in [6, 6.07) is 0. The molecule has 0 rings (SSSR count). The number of aliphatic carboxylic acids is 1. The molecule has 0 bridgehead atoms. The molecule has 0 aromatic rings. The Morgan fingerprint density at radius 3 is 2.00 bits per heavy atom. The van der Waals surface area contributed by atoms with Crippen molar-refractivity contribution in [1.82, 2.24) is 0 Å². The minimum absolute atomic E-state index is 0.507. The van der Waals surface area contributed by atoms with Crippen molar-refractivity contribution < 1.29 is 19.5 Å². The van der Waals surface area contributed by atoms with Gasteiger partial charge < -0.3 is 5.11 Å². The molecule has 0 saturated carbocycles. The zero-order valence-corrected chi connectivity index (χ0v) is 6.03. The number of carboxylic acids is 1. The molecule has 0 aromatic carbocycles. The third-order valence-electron chi connectivity index (χ3n) is 1.17. The Labute approximate surface area is 63.5 Å². The minimum Gasteiger partial charge on any atom is -0.475 e. The summed E-state index contributed by atoms with van der Waals surface area (Å²) in [6.07, 6.45) is 1.03. The van der Waals surface area contributed by atoms with Gasteiger partial charge in [-0.1, -0.05) is 6.08 Å². The van der Waals surface area contributed by atoms with Crippen LogP contribution in [0, 0.1) is 5.92 Å². The van der Waals surface area contributed by atoms with Crippen LogP contribution in [-0.2, 0) is 14.4 Å². The molecule has 0 aliphatic carbocycles. The van der Waals surface area contributed by atoms with E-state index >= 15 is 0 Å². The van der Waals surface area contributed by atoms with Crippen molar-refractivity contribution in [1.29, 1.82) is 0 Å². The Bertz CT molecular complexity index is 216. The van der Waals surface area contributed by atoms with E-state index in [9.17, 15) is 14.4 Å². The van der Waals surface area contributed by atoms with Gasteiger partial charge in [-0.05, 0) is 6.92 Å². The van der Waals surface area contributed by atoms with E-state index in [0.29, 0.717) is 0 Å². The van der Waals surface area contributed by atoms with Crippen LogP contribution in [0.25, 0.3) is 0 Å². The lowest BCUT2D eigenvalue weighted by Gasteiger charge is -2.01. The van der Waals surface area contributed by atoms with Gasteiger partial charge in [0.25, 0.3) is 5.78 Å². The first-order chi connectivity index (χ1) is 5.00. The van der Waals surface area contributed by atoms with E-state index < -0.39 is 23.5 Å².